The highest BCUT2D eigenvalue weighted by atomic mass is 79.9. The van der Waals surface area contributed by atoms with E-state index in [0.29, 0.717) is 16.2 Å². The molecule has 1 aromatic heterocycles. The highest BCUT2D eigenvalue weighted by Gasteiger charge is 2.18. The summed E-state index contributed by atoms with van der Waals surface area (Å²) in [7, 11) is 0. The number of amides is 1. The molecule has 1 rings (SSSR count). The highest BCUT2D eigenvalue weighted by molar-refractivity contribution is 9.10. The van der Waals surface area contributed by atoms with Gasteiger partial charge >= 0.3 is 0 Å². The first kappa shape index (κ1) is 12.8. The Hall–Kier alpha value is -0.290. The molecule has 84 valence electrons. The summed E-state index contributed by atoms with van der Waals surface area (Å²) in [5.41, 5.74) is 0.529. The number of furan rings is 1. The summed E-state index contributed by atoms with van der Waals surface area (Å²) in [5.74, 6) is 0.271. The van der Waals surface area contributed by atoms with Crippen molar-refractivity contribution < 1.29 is 9.21 Å². The first-order chi connectivity index (χ1) is 7.06. The summed E-state index contributed by atoms with van der Waals surface area (Å²) in [5, 5.41) is 3.68. The molecular weight excluding hydrogens is 326 g/mol. The Balaban J connectivity index is 2.67. The van der Waals surface area contributed by atoms with Crippen molar-refractivity contribution >= 4 is 37.8 Å². The van der Waals surface area contributed by atoms with Gasteiger partial charge in [0, 0.05) is 11.4 Å². The van der Waals surface area contributed by atoms with E-state index in [9.17, 15) is 4.79 Å². The van der Waals surface area contributed by atoms with Crippen molar-refractivity contribution in [1.29, 1.82) is 0 Å². The van der Waals surface area contributed by atoms with E-state index >= 15 is 0 Å². The summed E-state index contributed by atoms with van der Waals surface area (Å²) >= 11 is 6.55. The fraction of sp³-hybridized carbons (Fsp3) is 0.500. The van der Waals surface area contributed by atoms with Gasteiger partial charge in [-0.05, 0) is 27.9 Å². The Bertz CT molecular complexity index is 336. The third-order valence-electron chi connectivity index (χ3n) is 2.15. The minimum Gasteiger partial charge on any atom is -0.457 e. The average molecular weight is 339 g/mol. The van der Waals surface area contributed by atoms with Crippen LogP contribution in [-0.2, 0) is 0 Å². The van der Waals surface area contributed by atoms with E-state index in [1.165, 1.54) is 6.26 Å². The summed E-state index contributed by atoms with van der Waals surface area (Å²) in [6, 6.07) is 1.77. The lowest BCUT2D eigenvalue weighted by atomic mass is 10.1. The highest BCUT2D eigenvalue weighted by Crippen LogP contribution is 2.18. The lowest BCUT2D eigenvalue weighted by Gasteiger charge is -2.19. The van der Waals surface area contributed by atoms with E-state index in [4.69, 9.17) is 4.42 Å². The van der Waals surface area contributed by atoms with Crippen LogP contribution in [0.4, 0.5) is 0 Å². The topological polar surface area (TPSA) is 42.2 Å². The molecule has 0 saturated carbocycles. The minimum atomic E-state index is -0.117. The van der Waals surface area contributed by atoms with Crippen LogP contribution in [-0.4, -0.2) is 17.3 Å². The van der Waals surface area contributed by atoms with Gasteiger partial charge in [0.15, 0.2) is 4.67 Å². The second-order valence-electron chi connectivity index (χ2n) is 3.59. The van der Waals surface area contributed by atoms with Crippen LogP contribution in [0.15, 0.2) is 21.4 Å². The van der Waals surface area contributed by atoms with Gasteiger partial charge in [0.2, 0.25) is 0 Å². The predicted octanol–water partition coefficient (Wildman–Crippen LogP) is 3.19. The maximum atomic E-state index is 11.8. The molecule has 0 fully saturated rings. The molecule has 0 aliphatic heterocycles. The first-order valence-corrected chi connectivity index (χ1v) is 6.57. The minimum absolute atomic E-state index is 0.117. The van der Waals surface area contributed by atoms with Gasteiger partial charge in [-0.25, -0.2) is 0 Å². The van der Waals surface area contributed by atoms with Gasteiger partial charge in [-0.15, -0.1) is 0 Å². The second kappa shape index (κ2) is 5.70. The predicted molar refractivity (Wildman–Crippen MR) is 66.3 cm³/mol. The van der Waals surface area contributed by atoms with Crippen LogP contribution in [0.2, 0.25) is 0 Å². The van der Waals surface area contributed by atoms with E-state index in [2.05, 4.69) is 51.0 Å². The fourth-order valence-electron chi connectivity index (χ4n) is 1.09. The third-order valence-corrected chi connectivity index (χ3v) is 3.46. The molecule has 0 spiro atoms. The van der Waals surface area contributed by atoms with Crippen LogP contribution in [0.25, 0.3) is 0 Å². The van der Waals surface area contributed by atoms with E-state index in [0.717, 1.165) is 5.33 Å². The van der Waals surface area contributed by atoms with Crippen LogP contribution < -0.4 is 5.32 Å². The van der Waals surface area contributed by atoms with E-state index in [-0.39, 0.29) is 11.9 Å². The smallest absolute Gasteiger partial charge is 0.256 e. The summed E-state index contributed by atoms with van der Waals surface area (Å²) in [4.78, 5) is 11.8. The summed E-state index contributed by atoms with van der Waals surface area (Å²) in [6.45, 7) is 4.13. The van der Waals surface area contributed by atoms with Crippen LogP contribution in [0.5, 0.6) is 0 Å². The van der Waals surface area contributed by atoms with Gasteiger partial charge in [0.1, 0.15) is 0 Å². The monoisotopic (exact) mass is 337 g/mol. The number of carbonyl (C=O) groups is 1. The van der Waals surface area contributed by atoms with Gasteiger partial charge in [0.05, 0.1) is 11.8 Å². The molecule has 1 aromatic rings. The number of alkyl halides is 1. The Morgan fingerprint density at radius 3 is 2.67 bits per heavy atom. The van der Waals surface area contributed by atoms with Crippen molar-refractivity contribution in [3.05, 3.63) is 22.6 Å². The van der Waals surface area contributed by atoms with Gasteiger partial charge in [-0.1, -0.05) is 29.8 Å². The number of nitrogens with one attached hydrogen (secondary N) is 1. The molecule has 1 atom stereocenters. The Morgan fingerprint density at radius 2 is 2.27 bits per heavy atom. The molecule has 0 aliphatic rings. The Morgan fingerprint density at radius 1 is 1.60 bits per heavy atom. The third kappa shape index (κ3) is 3.34. The maximum Gasteiger partial charge on any atom is 0.256 e. The lowest BCUT2D eigenvalue weighted by Crippen LogP contribution is -2.39. The standard InChI is InChI=1S/C10H13Br2NO2/c1-6(2)8(5-11)13-10(14)7-3-4-15-9(7)12/h3-4,6,8H,5H2,1-2H3,(H,13,14). The molecule has 0 radical (unpaired) electrons. The van der Waals surface area contributed by atoms with E-state index in [1.54, 1.807) is 6.07 Å². The lowest BCUT2D eigenvalue weighted by molar-refractivity contribution is 0.0930. The van der Waals surface area contributed by atoms with Crippen LogP contribution in [0, 0.1) is 5.92 Å². The molecule has 15 heavy (non-hydrogen) atoms. The molecule has 5 heteroatoms. The van der Waals surface area contributed by atoms with Gasteiger partial charge < -0.3 is 9.73 Å². The zero-order valence-electron chi connectivity index (χ0n) is 8.59. The zero-order valence-corrected chi connectivity index (χ0v) is 11.8. The van der Waals surface area contributed by atoms with Gasteiger partial charge in [-0.3, -0.25) is 4.79 Å². The normalized spacial score (nSPS) is 12.9. The Labute approximate surface area is 106 Å². The van der Waals surface area contributed by atoms with Crippen molar-refractivity contribution in [3.63, 3.8) is 0 Å². The zero-order chi connectivity index (χ0) is 11.4. The summed E-state index contributed by atoms with van der Waals surface area (Å²) in [6.07, 6.45) is 1.48. The SMILES string of the molecule is CC(C)C(CBr)NC(=O)c1ccoc1Br. The molecule has 1 heterocycles. The number of hydrogen-bond donors (Lipinski definition) is 1. The maximum absolute atomic E-state index is 11.8. The molecule has 0 bridgehead atoms. The van der Waals surface area contributed by atoms with Crippen LogP contribution in [0.3, 0.4) is 0 Å². The van der Waals surface area contributed by atoms with Crippen LogP contribution in [0.1, 0.15) is 24.2 Å². The number of halogens is 2. The molecule has 1 N–H and O–H groups in total. The van der Waals surface area contributed by atoms with Crippen molar-refractivity contribution in [1.82, 2.24) is 5.32 Å². The number of rotatable bonds is 4. The molecule has 1 unspecified atom stereocenters. The van der Waals surface area contributed by atoms with E-state index in [1.807, 2.05) is 0 Å². The van der Waals surface area contributed by atoms with Gasteiger partial charge in [0.25, 0.3) is 5.91 Å². The first-order valence-electron chi connectivity index (χ1n) is 4.66. The van der Waals surface area contributed by atoms with E-state index < -0.39 is 0 Å². The van der Waals surface area contributed by atoms with Gasteiger partial charge in [-0.2, -0.15) is 0 Å². The van der Waals surface area contributed by atoms with Crippen molar-refractivity contribution in [2.75, 3.05) is 5.33 Å². The molecule has 1 amide bonds. The fourth-order valence-corrected chi connectivity index (χ4v) is 2.41. The molecule has 0 aromatic carbocycles. The number of carbonyl (C=O) groups excluding carboxylic acids is 1. The van der Waals surface area contributed by atoms with Crippen molar-refractivity contribution in [3.8, 4) is 0 Å². The average Bonchev–Trinajstić information content (AvgIpc) is 2.60. The van der Waals surface area contributed by atoms with Crippen LogP contribution >= 0.6 is 31.9 Å². The molecular formula is C10H13Br2NO2. The second-order valence-corrected chi connectivity index (χ2v) is 4.95. The summed E-state index contributed by atoms with van der Waals surface area (Å²) < 4.78 is 5.47. The number of hydrogen-bond acceptors (Lipinski definition) is 2. The molecule has 0 saturated heterocycles. The quantitative estimate of drug-likeness (QED) is 0.857. The molecule has 3 nitrogen and oxygen atoms in total. The van der Waals surface area contributed by atoms with Crippen molar-refractivity contribution in [2.24, 2.45) is 5.92 Å². The van der Waals surface area contributed by atoms with Crippen molar-refractivity contribution in [2.45, 2.75) is 19.9 Å². The Kier molecular flexibility index (Phi) is 4.86. The largest absolute Gasteiger partial charge is 0.457 e. The molecule has 0 aliphatic carbocycles.